The molecule has 2 saturated heterocycles. The molecule has 0 N–H and O–H groups in total. The molecular weight excluding hydrogens is 426 g/mol. The van der Waals surface area contributed by atoms with Crippen LogP contribution in [0.15, 0.2) is 59.5 Å². The Morgan fingerprint density at radius 1 is 1.14 bits per heavy atom. The van der Waals surface area contributed by atoms with Crippen LogP contribution in [0.2, 0.25) is 0 Å². The third kappa shape index (κ3) is 4.71. The summed E-state index contributed by atoms with van der Waals surface area (Å²) in [6.45, 7) is 0.489. The fourth-order valence-electron chi connectivity index (χ4n) is 3.33. The molecule has 2 aromatic rings. The number of carbonyl (C=O) groups is 1. The Labute approximate surface area is 179 Å². The average Bonchev–Trinajstić information content (AvgIpc) is 3.20. The van der Waals surface area contributed by atoms with E-state index in [2.05, 4.69) is 0 Å². The van der Waals surface area contributed by atoms with E-state index in [1.165, 1.54) is 16.7 Å². The molecule has 4 rings (SSSR count). The number of nitrogens with zero attached hydrogens (tertiary/aromatic N) is 1. The van der Waals surface area contributed by atoms with Crippen molar-refractivity contribution in [2.24, 2.45) is 0 Å². The first-order valence-corrected chi connectivity index (χ1v) is 12.2. The molecule has 150 valence electrons. The predicted molar refractivity (Wildman–Crippen MR) is 119 cm³/mol. The number of benzene rings is 2. The highest BCUT2D eigenvalue weighted by molar-refractivity contribution is 8.26. The van der Waals surface area contributed by atoms with Crippen LogP contribution in [0.4, 0.5) is 0 Å². The number of thiocarbonyl (C=S) groups is 1. The fraction of sp³-hybridized carbons (Fsp3) is 0.238. The highest BCUT2D eigenvalue weighted by atomic mass is 32.2. The molecule has 29 heavy (non-hydrogen) atoms. The molecule has 0 aromatic heterocycles. The van der Waals surface area contributed by atoms with E-state index in [1.54, 1.807) is 6.08 Å². The van der Waals surface area contributed by atoms with Gasteiger partial charge in [0.2, 0.25) is 0 Å². The van der Waals surface area contributed by atoms with Crippen LogP contribution in [0.5, 0.6) is 5.75 Å². The zero-order chi connectivity index (χ0) is 20.4. The highest BCUT2D eigenvalue weighted by Crippen LogP contribution is 2.36. The molecule has 2 aliphatic rings. The van der Waals surface area contributed by atoms with Crippen molar-refractivity contribution in [1.29, 1.82) is 0 Å². The maximum absolute atomic E-state index is 12.8. The summed E-state index contributed by atoms with van der Waals surface area (Å²) >= 11 is 6.55. The second-order valence-corrected chi connectivity index (χ2v) is 10.9. The lowest BCUT2D eigenvalue weighted by molar-refractivity contribution is -0.123. The van der Waals surface area contributed by atoms with Crippen molar-refractivity contribution in [3.8, 4) is 5.75 Å². The van der Waals surface area contributed by atoms with Gasteiger partial charge in [0.25, 0.3) is 5.91 Å². The van der Waals surface area contributed by atoms with Gasteiger partial charge in [0.05, 0.1) is 22.5 Å². The van der Waals surface area contributed by atoms with Gasteiger partial charge in [0.1, 0.15) is 16.7 Å². The summed E-state index contributed by atoms with van der Waals surface area (Å²) in [7, 11) is -3.08. The van der Waals surface area contributed by atoms with E-state index in [-0.39, 0.29) is 23.5 Å². The third-order valence-corrected chi connectivity index (χ3v) is 7.90. The number of hydrogen-bond donors (Lipinski definition) is 0. The molecule has 0 spiro atoms. The van der Waals surface area contributed by atoms with Crippen LogP contribution < -0.4 is 4.74 Å². The van der Waals surface area contributed by atoms with Crippen molar-refractivity contribution in [3.63, 3.8) is 0 Å². The standard InChI is InChI=1S/C21H19NO4S3/c23-20-19(28-21(27)22(20)17-10-11-29(24,25)14-17)12-15-6-8-18(9-7-15)26-13-16-4-2-1-3-5-16/h1-9,12,17H,10-11,13-14H2/b19-12-/t17-/m1/s1. The maximum Gasteiger partial charge on any atom is 0.266 e. The van der Waals surface area contributed by atoms with Gasteiger partial charge in [-0.3, -0.25) is 9.69 Å². The smallest absolute Gasteiger partial charge is 0.266 e. The van der Waals surface area contributed by atoms with E-state index in [0.717, 1.165) is 16.9 Å². The van der Waals surface area contributed by atoms with Gasteiger partial charge < -0.3 is 4.74 Å². The number of thioether (sulfide) groups is 1. The van der Waals surface area contributed by atoms with Gasteiger partial charge in [-0.2, -0.15) is 0 Å². The van der Waals surface area contributed by atoms with Gasteiger partial charge >= 0.3 is 0 Å². The van der Waals surface area contributed by atoms with Crippen molar-refractivity contribution >= 4 is 50.1 Å². The number of amides is 1. The molecule has 1 atom stereocenters. The van der Waals surface area contributed by atoms with E-state index in [1.807, 2.05) is 54.6 Å². The molecule has 1 amide bonds. The Morgan fingerprint density at radius 2 is 1.86 bits per heavy atom. The topological polar surface area (TPSA) is 63.7 Å². The zero-order valence-electron chi connectivity index (χ0n) is 15.5. The SMILES string of the molecule is O=C1/C(=C/c2ccc(OCc3ccccc3)cc2)SC(=S)N1[C@@H]1CCS(=O)(=O)C1. The summed E-state index contributed by atoms with van der Waals surface area (Å²) in [6, 6.07) is 17.0. The van der Waals surface area contributed by atoms with Crippen molar-refractivity contribution in [1.82, 2.24) is 4.90 Å². The Hall–Kier alpha value is -2.16. The van der Waals surface area contributed by atoms with Crippen LogP contribution in [-0.4, -0.2) is 41.1 Å². The number of hydrogen-bond acceptors (Lipinski definition) is 6. The van der Waals surface area contributed by atoms with E-state index in [4.69, 9.17) is 17.0 Å². The Morgan fingerprint density at radius 3 is 2.52 bits per heavy atom. The van der Waals surface area contributed by atoms with E-state index in [0.29, 0.717) is 22.3 Å². The second-order valence-electron chi connectivity index (χ2n) is 6.95. The molecule has 0 unspecified atom stereocenters. The first-order chi connectivity index (χ1) is 13.9. The molecule has 0 saturated carbocycles. The first-order valence-electron chi connectivity index (χ1n) is 9.15. The summed E-state index contributed by atoms with van der Waals surface area (Å²) < 4.78 is 29.7. The molecule has 0 radical (unpaired) electrons. The van der Waals surface area contributed by atoms with Crippen molar-refractivity contribution in [3.05, 3.63) is 70.6 Å². The normalized spacial score (nSPS) is 22.4. The summed E-state index contributed by atoms with van der Waals surface area (Å²) in [5.41, 5.74) is 1.95. The van der Waals surface area contributed by atoms with Gasteiger partial charge in [-0.15, -0.1) is 0 Å². The number of carbonyl (C=O) groups excluding carboxylic acids is 1. The fourth-order valence-corrected chi connectivity index (χ4v) is 6.43. The van der Waals surface area contributed by atoms with Gasteiger partial charge in [-0.25, -0.2) is 8.42 Å². The Kier molecular flexibility index (Phi) is 5.76. The van der Waals surface area contributed by atoms with Crippen LogP contribution in [0.3, 0.4) is 0 Å². The molecule has 2 fully saturated rings. The molecule has 2 aliphatic heterocycles. The summed E-state index contributed by atoms with van der Waals surface area (Å²) in [5, 5.41) is 0. The molecule has 0 aliphatic carbocycles. The average molecular weight is 446 g/mol. The van der Waals surface area contributed by atoms with Crippen LogP contribution in [-0.2, 0) is 21.2 Å². The summed E-state index contributed by atoms with van der Waals surface area (Å²) in [4.78, 5) is 14.8. The van der Waals surface area contributed by atoms with E-state index >= 15 is 0 Å². The maximum atomic E-state index is 12.8. The van der Waals surface area contributed by atoms with Gasteiger partial charge in [-0.1, -0.05) is 66.4 Å². The van der Waals surface area contributed by atoms with Crippen LogP contribution in [0.25, 0.3) is 6.08 Å². The molecule has 8 heteroatoms. The summed E-state index contributed by atoms with van der Waals surface area (Å²) in [6.07, 6.45) is 2.22. The molecule has 0 bridgehead atoms. The van der Waals surface area contributed by atoms with Crippen molar-refractivity contribution in [2.75, 3.05) is 11.5 Å². The zero-order valence-corrected chi connectivity index (χ0v) is 17.9. The largest absolute Gasteiger partial charge is 0.489 e. The number of sulfone groups is 1. The first kappa shape index (κ1) is 20.1. The van der Waals surface area contributed by atoms with Crippen molar-refractivity contribution in [2.45, 2.75) is 19.1 Å². The van der Waals surface area contributed by atoms with Gasteiger partial charge in [-0.05, 0) is 35.8 Å². The second kappa shape index (κ2) is 8.30. The molecule has 5 nitrogen and oxygen atoms in total. The summed E-state index contributed by atoms with van der Waals surface area (Å²) in [5.74, 6) is 0.625. The van der Waals surface area contributed by atoms with Crippen LogP contribution >= 0.6 is 24.0 Å². The Bertz CT molecular complexity index is 1060. The minimum atomic E-state index is -3.08. The quantitative estimate of drug-likeness (QED) is 0.517. The third-order valence-electron chi connectivity index (χ3n) is 4.82. The van der Waals surface area contributed by atoms with Gasteiger partial charge in [0.15, 0.2) is 9.84 Å². The molecular formula is C21H19NO4S3. The minimum absolute atomic E-state index is 0.0137. The number of ether oxygens (including phenoxy) is 1. The lowest BCUT2D eigenvalue weighted by Crippen LogP contribution is -2.39. The van der Waals surface area contributed by atoms with E-state index in [9.17, 15) is 13.2 Å². The number of rotatable bonds is 5. The monoisotopic (exact) mass is 445 g/mol. The van der Waals surface area contributed by atoms with Crippen molar-refractivity contribution < 1.29 is 17.9 Å². The van der Waals surface area contributed by atoms with Crippen LogP contribution in [0, 0.1) is 0 Å². The predicted octanol–water partition coefficient (Wildman–Crippen LogP) is 3.65. The molecule has 2 heterocycles. The highest BCUT2D eigenvalue weighted by Gasteiger charge is 2.42. The lowest BCUT2D eigenvalue weighted by atomic mass is 10.2. The minimum Gasteiger partial charge on any atom is -0.489 e. The Balaban J connectivity index is 1.42. The van der Waals surface area contributed by atoms with E-state index < -0.39 is 9.84 Å². The van der Waals surface area contributed by atoms with Crippen LogP contribution in [0.1, 0.15) is 17.5 Å². The lowest BCUT2D eigenvalue weighted by Gasteiger charge is -2.20. The molecule has 2 aromatic carbocycles. The van der Waals surface area contributed by atoms with Gasteiger partial charge in [0, 0.05) is 0 Å².